The van der Waals surface area contributed by atoms with Crippen LogP contribution < -0.4 is 5.32 Å². The van der Waals surface area contributed by atoms with Crippen molar-refractivity contribution in [1.29, 1.82) is 0 Å². The lowest BCUT2D eigenvalue weighted by Crippen LogP contribution is -2.43. The highest BCUT2D eigenvalue weighted by atomic mass is 16.2. The average Bonchev–Trinajstić information content (AvgIpc) is 2.63. The molecule has 1 N–H and O–H groups in total. The fourth-order valence-electron chi connectivity index (χ4n) is 2.22. The number of nitrogens with zero attached hydrogens (tertiary/aromatic N) is 1. The van der Waals surface area contributed by atoms with Crippen LogP contribution >= 0.6 is 0 Å². The minimum atomic E-state index is -0.307. The standard InChI is InChI=1S/C11H20N2O/c1-5-11(4)9(14)13(7-12-11)8-6-10(8,2)3/h8,12H,5-7H2,1-4H3. The Morgan fingerprint density at radius 3 is 2.43 bits per heavy atom. The Hall–Kier alpha value is -0.570. The highest BCUT2D eigenvalue weighted by molar-refractivity contribution is 5.88. The Morgan fingerprint density at radius 2 is 2.07 bits per heavy atom. The van der Waals surface area contributed by atoms with Crippen molar-refractivity contribution in [3.63, 3.8) is 0 Å². The van der Waals surface area contributed by atoms with Crippen LogP contribution in [-0.4, -0.2) is 29.1 Å². The van der Waals surface area contributed by atoms with E-state index in [1.54, 1.807) is 0 Å². The van der Waals surface area contributed by atoms with Gasteiger partial charge in [-0.25, -0.2) is 0 Å². The summed E-state index contributed by atoms with van der Waals surface area (Å²) in [6.07, 6.45) is 2.02. The van der Waals surface area contributed by atoms with Crippen LogP contribution in [0.4, 0.5) is 0 Å². The molecule has 0 spiro atoms. The van der Waals surface area contributed by atoms with Gasteiger partial charge in [0.25, 0.3) is 0 Å². The van der Waals surface area contributed by atoms with Crippen LogP contribution in [-0.2, 0) is 4.79 Å². The molecule has 80 valence electrons. The van der Waals surface area contributed by atoms with Crippen molar-refractivity contribution >= 4 is 5.91 Å². The van der Waals surface area contributed by atoms with Gasteiger partial charge < -0.3 is 4.90 Å². The van der Waals surface area contributed by atoms with Crippen LogP contribution in [0.15, 0.2) is 0 Å². The maximum Gasteiger partial charge on any atom is 0.243 e. The van der Waals surface area contributed by atoms with Gasteiger partial charge in [0, 0.05) is 6.04 Å². The number of hydrogen-bond acceptors (Lipinski definition) is 2. The third-order valence-corrected chi connectivity index (χ3v) is 3.92. The summed E-state index contributed by atoms with van der Waals surface area (Å²) in [5.74, 6) is 0.288. The highest BCUT2D eigenvalue weighted by Gasteiger charge is 2.55. The lowest BCUT2D eigenvalue weighted by molar-refractivity contribution is -0.132. The first kappa shape index (κ1) is 9.97. The van der Waals surface area contributed by atoms with Crippen LogP contribution in [0, 0.1) is 5.41 Å². The average molecular weight is 196 g/mol. The van der Waals surface area contributed by atoms with Gasteiger partial charge in [-0.3, -0.25) is 10.1 Å². The van der Waals surface area contributed by atoms with Crippen LogP contribution in [0.1, 0.15) is 40.5 Å². The molecule has 1 aliphatic carbocycles. The molecule has 0 aromatic carbocycles. The molecule has 1 saturated carbocycles. The van der Waals surface area contributed by atoms with E-state index in [9.17, 15) is 4.79 Å². The summed E-state index contributed by atoms with van der Waals surface area (Å²) >= 11 is 0. The summed E-state index contributed by atoms with van der Waals surface area (Å²) in [6, 6.07) is 0.468. The number of rotatable bonds is 2. The van der Waals surface area contributed by atoms with Crippen molar-refractivity contribution in [3.05, 3.63) is 0 Å². The van der Waals surface area contributed by atoms with E-state index < -0.39 is 0 Å². The van der Waals surface area contributed by atoms with E-state index in [1.165, 1.54) is 0 Å². The summed E-state index contributed by atoms with van der Waals surface area (Å²) in [5.41, 5.74) is 0.0367. The van der Waals surface area contributed by atoms with Crippen LogP contribution in [0.3, 0.4) is 0 Å². The zero-order valence-corrected chi connectivity index (χ0v) is 9.55. The van der Waals surface area contributed by atoms with Crippen molar-refractivity contribution in [1.82, 2.24) is 10.2 Å². The largest absolute Gasteiger partial charge is 0.325 e. The maximum atomic E-state index is 12.1. The van der Waals surface area contributed by atoms with E-state index >= 15 is 0 Å². The van der Waals surface area contributed by atoms with E-state index in [2.05, 4.69) is 26.1 Å². The molecule has 3 heteroatoms. The Labute approximate surface area is 85.8 Å². The van der Waals surface area contributed by atoms with Gasteiger partial charge in [0.2, 0.25) is 5.91 Å². The Morgan fingerprint density at radius 1 is 1.50 bits per heavy atom. The molecule has 2 rings (SSSR count). The van der Waals surface area contributed by atoms with Crippen LogP contribution in [0.2, 0.25) is 0 Å². The van der Waals surface area contributed by atoms with Gasteiger partial charge >= 0.3 is 0 Å². The molecule has 0 bridgehead atoms. The first-order valence-corrected chi connectivity index (χ1v) is 5.47. The molecular weight excluding hydrogens is 176 g/mol. The van der Waals surface area contributed by atoms with Crippen molar-refractivity contribution in [2.45, 2.75) is 52.1 Å². The second kappa shape index (κ2) is 2.72. The van der Waals surface area contributed by atoms with Gasteiger partial charge in [-0.2, -0.15) is 0 Å². The lowest BCUT2D eigenvalue weighted by atomic mass is 9.99. The summed E-state index contributed by atoms with van der Waals surface area (Å²) in [4.78, 5) is 14.1. The number of hydrogen-bond donors (Lipinski definition) is 1. The van der Waals surface area contributed by atoms with E-state index in [1.807, 2.05) is 11.8 Å². The molecule has 0 radical (unpaired) electrons. The van der Waals surface area contributed by atoms with E-state index in [0.29, 0.717) is 11.5 Å². The molecule has 14 heavy (non-hydrogen) atoms. The summed E-state index contributed by atoms with van der Waals surface area (Å²) in [7, 11) is 0. The Balaban J connectivity index is 2.09. The minimum absolute atomic E-state index is 0.288. The number of carbonyl (C=O) groups excluding carboxylic acids is 1. The predicted molar refractivity (Wildman–Crippen MR) is 55.7 cm³/mol. The topological polar surface area (TPSA) is 32.3 Å². The quantitative estimate of drug-likeness (QED) is 0.723. The SMILES string of the molecule is CCC1(C)NCN(C2CC2(C)C)C1=O. The van der Waals surface area contributed by atoms with Crippen LogP contribution in [0.5, 0.6) is 0 Å². The number of amides is 1. The molecule has 1 amide bonds. The normalized spacial score (nSPS) is 40.4. The Bertz CT molecular complexity index is 274. The number of carbonyl (C=O) groups is 1. The fourth-order valence-corrected chi connectivity index (χ4v) is 2.22. The molecule has 2 atom stereocenters. The molecule has 0 aromatic rings. The molecule has 1 heterocycles. The lowest BCUT2D eigenvalue weighted by Gasteiger charge is -2.21. The molecule has 0 aromatic heterocycles. The molecule has 2 unspecified atom stereocenters. The first-order valence-electron chi connectivity index (χ1n) is 5.47. The van der Waals surface area contributed by atoms with Gasteiger partial charge in [-0.15, -0.1) is 0 Å². The predicted octanol–water partition coefficient (Wildman–Crippen LogP) is 1.34. The van der Waals surface area contributed by atoms with Crippen LogP contribution in [0.25, 0.3) is 0 Å². The maximum absolute atomic E-state index is 12.1. The van der Waals surface area contributed by atoms with Crippen molar-refractivity contribution < 1.29 is 4.79 Å². The summed E-state index contributed by atoms with van der Waals surface area (Å²) < 4.78 is 0. The zero-order chi connectivity index (χ0) is 10.6. The van der Waals surface area contributed by atoms with Gasteiger partial charge in [-0.05, 0) is 25.2 Å². The fraction of sp³-hybridized carbons (Fsp3) is 0.909. The van der Waals surface area contributed by atoms with E-state index in [0.717, 1.165) is 19.5 Å². The van der Waals surface area contributed by atoms with Gasteiger partial charge in [0.1, 0.15) is 0 Å². The second-order valence-electron chi connectivity index (χ2n) is 5.50. The molecular formula is C11H20N2O. The first-order chi connectivity index (χ1) is 6.41. The van der Waals surface area contributed by atoms with Crippen molar-refractivity contribution in [3.8, 4) is 0 Å². The van der Waals surface area contributed by atoms with Gasteiger partial charge in [0.15, 0.2) is 0 Å². The van der Waals surface area contributed by atoms with E-state index in [4.69, 9.17) is 0 Å². The molecule has 3 nitrogen and oxygen atoms in total. The van der Waals surface area contributed by atoms with Crippen molar-refractivity contribution in [2.75, 3.05) is 6.67 Å². The smallest absolute Gasteiger partial charge is 0.243 e. The minimum Gasteiger partial charge on any atom is -0.325 e. The highest BCUT2D eigenvalue weighted by Crippen LogP contribution is 2.49. The van der Waals surface area contributed by atoms with Gasteiger partial charge in [-0.1, -0.05) is 20.8 Å². The Kier molecular flexibility index (Phi) is 1.94. The molecule has 2 aliphatic rings. The van der Waals surface area contributed by atoms with E-state index in [-0.39, 0.29) is 11.4 Å². The summed E-state index contributed by atoms with van der Waals surface area (Å²) in [5, 5.41) is 3.32. The monoisotopic (exact) mass is 196 g/mol. The molecule has 1 saturated heterocycles. The number of nitrogens with one attached hydrogen (secondary N) is 1. The molecule has 2 fully saturated rings. The van der Waals surface area contributed by atoms with Gasteiger partial charge in [0.05, 0.1) is 12.2 Å². The second-order valence-corrected chi connectivity index (χ2v) is 5.50. The van der Waals surface area contributed by atoms with Crippen molar-refractivity contribution in [2.24, 2.45) is 5.41 Å². The zero-order valence-electron chi connectivity index (χ0n) is 9.55. The third-order valence-electron chi connectivity index (χ3n) is 3.92. The summed E-state index contributed by atoms with van der Waals surface area (Å²) in [6.45, 7) is 9.26. The third kappa shape index (κ3) is 1.26. The molecule has 1 aliphatic heterocycles.